The Morgan fingerprint density at radius 2 is 1.65 bits per heavy atom. The third-order valence-corrected chi connectivity index (χ3v) is 4.36. The molecule has 0 atom stereocenters. The molecule has 0 aliphatic heterocycles. The van der Waals surface area contributed by atoms with Crippen LogP contribution in [0.4, 0.5) is 4.79 Å². The second-order valence-electron chi connectivity index (χ2n) is 6.96. The molecule has 1 fully saturated rings. The Balaban J connectivity index is 1.77. The van der Waals surface area contributed by atoms with Crippen LogP contribution in [0, 0.1) is 5.92 Å². The summed E-state index contributed by atoms with van der Waals surface area (Å²) in [6.07, 6.45) is 5.07. The molecule has 1 aromatic carbocycles. The summed E-state index contributed by atoms with van der Waals surface area (Å²) in [5, 5.41) is 5.49. The molecular weight excluding hydrogens is 332 g/mol. The number of benzene rings is 1. The topological polar surface area (TPSA) is 99.3 Å². The number of hydrogen-bond acceptors (Lipinski definition) is 3. The van der Waals surface area contributed by atoms with E-state index in [-0.39, 0.29) is 29.8 Å². The SMILES string of the molecule is CC(C)NC(=O)NCc1ccc(C(=O)NNC(=O)C2CCCCC2)cc1. The highest BCUT2D eigenvalue weighted by Crippen LogP contribution is 2.23. The maximum atomic E-state index is 12.1. The standard InChI is InChI=1S/C19H28N4O3/c1-13(2)21-19(26)20-12-14-8-10-16(11-9-14)18(25)23-22-17(24)15-6-4-3-5-7-15/h8-11,13,15H,3-7,12H2,1-2H3,(H,22,24)(H,23,25)(H2,20,21,26). The average Bonchev–Trinajstić information content (AvgIpc) is 2.64. The third kappa shape index (κ3) is 6.38. The van der Waals surface area contributed by atoms with Crippen molar-refractivity contribution in [1.82, 2.24) is 21.5 Å². The maximum Gasteiger partial charge on any atom is 0.315 e. The fourth-order valence-corrected chi connectivity index (χ4v) is 2.93. The molecule has 2 rings (SSSR count). The van der Waals surface area contributed by atoms with E-state index in [4.69, 9.17) is 0 Å². The highest BCUT2D eigenvalue weighted by Gasteiger charge is 2.21. The molecule has 0 aromatic heterocycles. The molecule has 7 heteroatoms. The van der Waals surface area contributed by atoms with Gasteiger partial charge in [-0.25, -0.2) is 4.79 Å². The molecule has 26 heavy (non-hydrogen) atoms. The van der Waals surface area contributed by atoms with Gasteiger partial charge in [-0.3, -0.25) is 20.4 Å². The summed E-state index contributed by atoms with van der Waals surface area (Å²) in [4.78, 5) is 35.7. The summed E-state index contributed by atoms with van der Waals surface area (Å²) in [6.45, 7) is 4.15. The van der Waals surface area contributed by atoms with Crippen LogP contribution in [-0.2, 0) is 11.3 Å². The van der Waals surface area contributed by atoms with Gasteiger partial charge in [-0.1, -0.05) is 31.4 Å². The fourth-order valence-electron chi connectivity index (χ4n) is 2.93. The molecule has 7 nitrogen and oxygen atoms in total. The minimum absolute atomic E-state index is 0.00511. The molecule has 1 aromatic rings. The van der Waals surface area contributed by atoms with Crippen molar-refractivity contribution in [2.24, 2.45) is 5.92 Å². The zero-order valence-electron chi connectivity index (χ0n) is 15.4. The van der Waals surface area contributed by atoms with Gasteiger partial charge in [0, 0.05) is 24.1 Å². The summed E-state index contributed by atoms with van der Waals surface area (Å²) in [5.74, 6) is -0.476. The molecule has 1 aliphatic carbocycles. The van der Waals surface area contributed by atoms with Crippen molar-refractivity contribution >= 4 is 17.8 Å². The first kappa shape index (κ1) is 19.8. The number of nitrogens with one attached hydrogen (secondary N) is 4. The number of carbonyl (C=O) groups is 3. The zero-order chi connectivity index (χ0) is 18.9. The van der Waals surface area contributed by atoms with Crippen molar-refractivity contribution < 1.29 is 14.4 Å². The van der Waals surface area contributed by atoms with Crippen molar-refractivity contribution in [3.63, 3.8) is 0 Å². The Hall–Kier alpha value is -2.57. The number of rotatable bonds is 5. The van der Waals surface area contributed by atoms with Crippen LogP contribution in [0.3, 0.4) is 0 Å². The van der Waals surface area contributed by atoms with Gasteiger partial charge in [-0.2, -0.15) is 0 Å². The van der Waals surface area contributed by atoms with E-state index in [1.54, 1.807) is 24.3 Å². The Kier molecular flexibility index (Phi) is 7.44. The van der Waals surface area contributed by atoms with Gasteiger partial charge < -0.3 is 10.6 Å². The van der Waals surface area contributed by atoms with Crippen molar-refractivity contribution in [2.75, 3.05) is 0 Å². The number of hydrogen-bond donors (Lipinski definition) is 4. The van der Waals surface area contributed by atoms with E-state index in [9.17, 15) is 14.4 Å². The highest BCUT2D eigenvalue weighted by molar-refractivity contribution is 5.95. The molecule has 0 radical (unpaired) electrons. The first-order chi connectivity index (χ1) is 12.5. The predicted octanol–water partition coefficient (Wildman–Crippen LogP) is 2.24. The van der Waals surface area contributed by atoms with Crippen LogP contribution in [0.1, 0.15) is 61.9 Å². The van der Waals surface area contributed by atoms with Crippen LogP contribution < -0.4 is 21.5 Å². The van der Waals surface area contributed by atoms with Gasteiger partial charge in [0.05, 0.1) is 0 Å². The van der Waals surface area contributed by atoms with Gasteiger partial charge in [-0.05, 0) is 44.4 Å². The van der Waals surface area contributed by atoms with Gasteiger partial charge in [0.25, 0.3) is 5.91 Å². The first-order valence-electron chi connectivity index (χ1n) is 9.19. The molecule has 4 amide bonds. The van der Waals surface area contributed by atoms with Crippen LogP contribution in [0.2, 0.25) is 0 Å². The Morgan fingerprint density at radius 1 is 1.00 bits per heavy atom. The number of urea groups is 1. The van der Waals surface area contributed by atoms with Gasteiger partial charge in [0.1, 0.15) is 0 Å². The van der Waals surface area contributed by atoms with Crippen LogP contribution in [0.5, 0.6) is 0 Å². The summed E-state index contributed by atoms with van der Waals surface area (Å²) >= 11 is 0. The minimum atomic E-state index is -0.355. The van der Waals surface area contributed by atoms with Crippen LogP contribution >= 0.6 is 0 Å². The van der Waals surface area contributed by atoms with Crippen molar-refractivity contribution in [1.29, 1.82) is 0 Å². The molecule has 0 saturated heterocycles. The summed E-state index contributed by atoms with van der Waals surface area (Å²) in [7, 11) is 0. The number of hydrazine groups is 1. The van der Waals surface area contributed by atoms with E-state index in [0.717, 1.165) is 31.2 Å². The van der Waals surface area contributed by atoms with Crippen LogP contribution in [-0.4, -0.2) is 23.9 Å². The molecule has 0 heterocycles. The van der Waals surface area contributed by atoms with Crippen LogP contribution in [0.15, 0.2) is 24.3 Å². The molecule has 142 valence electrons. The molecule has 1 saturated carbocycles. The lowest BCUT2D eigenvalue weighted by Crippen LogP contribution is -2.44. The molecule has 4 N–H and O–H groups in total. The minimum Gasteiger partial charge on any atom is -0.336 e. The zero-order valence-corrected chi connectivity index (χ0v) is 15.4. The van der Waals surface area contributed by atoms with Gasteiger partial charge in [0.15, 0.2) is 0 Å². The monoisotopic (exact) mass is 360 g/mol. The number of carbonyl (C=O) groups excluding carboxylic acids is 3. The predicted molar refractivity (Wildman–Crippen MR) is 99.1 cm³/mol. The second-order valence-corrected chi connectivity index (χ2v) is 6.96. The average molecular weight is 360 g/mol. The quantitative estimate of drug-likeness (QED) is 0.606. The Morgan fingerprint density at radius 3 is 2.27 bits per heavy atom. The first-order valence-corrected chi connectivity index (χ1v) is 9.19. The Labute approximate surface area is 154 Å². The van der Waals surface area contributed by atoms with E-state index < -0.39 is 0 Å². The van der Waals surface area contributed by atoms with Crippen molar-refractivity contribution in [3.05, 3.63) is 35.4 Å². The largest absolute Gasteiger partial charge is 0.336 e. The third-order valence-electron chi connectivity index (χ3n) is 4.36. The lowest BCUT2D eigenvalue weighted by molar-refractivity contribution is -0.126. The molecule has 0 bridgehead atoms. The van der Waals surface area contributed by atoms with E-state index >= 15 is 0 Å². The van der Waals surface area contributed by atoms with Gasteiger partial charge >= 0.3 is 6.03 Å². The normalized spacial score (nSPS) is 14.6. The molecule has 0 spiro atoms. The smallest absolute Gasteiger partial charge is 0.315 e. The second kappa shape index (κ2) is 9.79. The maximum absolute atomic E-state index is 12.1. The molecule has 0 unspecified atom stereocenters. The summed E-state index contributed by atoms with van der Waals surface area (Å²) < 4.78 is 0. The van der Waals surface area contributed by atoms with Crippen molar-refractivity contribution in [3.8, 4) is 0 Å². The van der Waals surface area contributed by atoms with E-state index in [1.165, 1.54) is 6.42 Å². The van der Waals surface area contributed by atoms with E-state index in [2.05, 4.69) is 21.5 Å². The van der Waals surface area contributed by atoms with Gasteiger partial charge in [0.2, 0.25) is 5.91 Å². The van der Waals surface area contributed by atoms with Crippen LogP contribution in [0.25, 0.3) is 0 Å². The fraction of sp³-hybridized carbons (Fsp3) is 0.526. The molecular formula is C19H28N4O3. The Bertz CT molecular complexity index is 622. The highest BCUT2D eigenvalue weighted by atomic mass is 16.2. The number of amides is 4. The lowest BCUT2D eigenvalue weighted by Gasteiger charge is -2.20. The van der Waals surface area contributed by atoms with E-state index in [0.29, 0.717) is 12.1 Å². The summed E-state index contributed by atoms with van der Waals surface area (Å²) in [6, 6.07) is 6.72. The summed E-state index contributed by atoms with van der Waals surface area (Å²) in [5.41, 5.74) is 6.32. The van der Waals surface area contributed by atoms with E-state index in [1.807, 2.05) is 13.8 Å². The van der Waals surface area contributed by atoms with Crippen molar-refractivity contribution in [2.45, 2.75) is 58.5 Å². The lowest BCUT2D eigenvalue weighted by atomic mass is 9.89. The molecule has 1 aliphatic rings. The van der Waals surface area contributed by atoms with Gasteiger partial charge in [-0.15, -0.1) is 0 Å².